The number of carbonyl (C=O) groups excluding carboxylic acids is 1. The van der Waals surface area contributed by atoms with Crippen LogP contribution in [-0.4, -0.2) is 31.9 Å². The van der Waals surface area contributed by atoms with Gasteiger partial charge in [0.15, 0.2) is 11.5 Å². The lowest BCUT2D eigenvalue weighted by Crippen LogP contribution is -2.26. The number of oxime groups is 1. The first-order valence-electron chi connectivity index (χ1n) is 7.67. The minimum Gasteiger partial charge on any atom is -0.493 e. The van der Waals surface area contributed by atoms with Gasteiger partial charge >= 0.3 is 6.61 Å². The number of ether oxygens (including phenoxy) is 2. The van der Waals surface area contributed by atoms with Crippen molar-refractivity contribution in [2.75, 3.05) is 12.4 Å². The number of para-hydroxylation sites is 1. The maximum absolute atomic E-state index is 12.3. The third-order valence-electron chi connectivity index (χ3n) is 3.24. The summed E-state index contributed by atoms with van der Waals surface area (Å²) < 4.78 is 33.9. The Morgan fingerprint density at radius 3 is 2.54 bits per heavy atom. The zero-order valence-electron chi connectivity index (χ0n) is 14.2. The quantitative estimate of drug-likeness (QED) is 0.573. The van der Waals surface area contributed by atoms with Gasteiger partial charge < -0.3 is 19.6 Å². The van der Waals surface area contributed by atoms with Crippen molar-refractivity contribution in [3.8, 4) is 11.5 Å². The molecule has 0 saturated heterocycles. The number of hydrogen-bond donors (Lipinski definition) is 1. The normalized spacial score (nSPS) is 12.0. The summed E-state index contributed by atoms with van der Waals surface area (Å²) in [6.07, 6.45) is 0.510. The molecule has 0 aliphatic heterocycles. The van der Waals surface area contributed by atoms with Crippen LogP contribution >= 0.6 is 0 Å². The van der Waals surface area contributed by atoms with Crippen LogP contribution in [0.25, 0.3) is 0 Å². The van der Waals surface area contributed by atoms with Gasteiger partial charge in [-0.25, -0.2) is 0 Å². The lowest BCUT2D eigenvalue weighted by molar-refractivity contribution is -0.126. The van der Waals surface area contributed by atoms with E-state index in [1.807, 2.05) is 6.07 Å². The van der Waals surface area contributed by atoms with E-state index >= 15 is 0 Å². The molecule has 1 N–H and O–H groups in total. The van der Waals surface area contributed by atoms with Crippen molar-refractivity contribution in [2.45, 2.75) is 19.6 Å². The Hall–Kier alpha value is -3.16. The monoisotopic (exact) mass is 364 g/mol. The number of carbonyl (C=O) groups is 1. The maximum Gasteiger partial charge on any atom is 0.387 e. The number of halogens is 2. The van der Waals surface area contributed by atoms with Crippen molar-refractivity contribution in [1.29, 1.82) is 0 Å². The highest BCUT2D eigenvalue weighted by Crippen LogP contribution is 2.28. The fourth-order valence-corrected chi connectivity index (χ4v) is 1.95. The number of nitrogens with zero attached hydrogens (tertiary/aromatic N) is 1. The van der Waals surface area contributed by atoms with Gasteiger partial charge in [-0.2, -0.15) is 8.78 Å². The van der Waals surface area contributed by atoms with Crippen molar-refractivity contribution in [3.05, 3.63) is 54.1 Å². The number of hydrogen-bond acceptors (Lipinski definition) is 5. The Morgan fingerprint density at radius 2 is 1.88 bits per heavy atom. The van der Waals surface area contributed by atoms with Gasteiger partial charge in [0.1, 0.15) is 0 Å². The van der Waals surface area contributed by atoms with Gasteiger partial charge in [-0.1, -0.05) is 23.4 Å². The summed E-state index contributed by atoms with van der Waals surface area (Å²) in [4.78, 5) is 17.1. The van der Waals surface area contributed by atoms with E-state index in [1.54, 1.807) is 31.2 Å². The molecule has 0 saturated carbocycles. The Bertz CT molecular complexity index is 754. The Labute approximate surface area is 149 Å². The Morgan fingerprint density at radius 1 is 1.15 bits per heavy atom. The molecule has 2 rings (SSSR count). The first kappa shape index (κ1) is 19.2. The molecule has 0 aliphatic rings. The summed E-state index contributed by atoms with van der Waals surface area (Å²) in [6.45, 7) is -1.40. The van der Waals surface area contributed by atoms with Crippen molar-refractivity contribution in [3.63, 3.8) is 0 Å². The Kier molecular flexibility index (Phi) is 6.90. The molecule has 0 bridgehead atoms. The predicted molar refractivity (Wildman–Crippen MR) is 92.8 cm³/mol. The molecule has 26 heavy (non-hydrogen) atoms. The lowest BCUT2D eigenvalue weighted by atomic mass is 10.2. The molecule has 2 aromatic rings. The van der Waals surface area contributed by atoms with Crippen LogP contribution in [0.5, 0.6) is 11.5 Å². The highest BCUT2D eigenvalue weighted by molar-refractivity contribution is 5.93. The van der Waals surface area contributed by atoms with E-state index in [0.717, 1.165) is 0 Å². The number of alkyl halides is 2. The van der Waals surface area contributed by atoms with E-state index in [9.17, 15) is 13.6 Å². The molecule has 0 radical (unpaired) electrons. The summed E-state index contributed by atoms with van der Waals surface area (Å²) in [5.41, 5.74) is 1.18. The number of amides is 1. The second-order valence-electron chi connectivity index (χ2n) is 5.13. The van der Waals surface area contributed by atoms with Crippen molar-refractivity contribution in [1.82, 2.24) is 0 Å². The van der Waals surface area contributed by atoms with E-state index in [-0.39, 0.29) is 17.4 Å². The second kappa shape index (κ2) is 9.36. The third-order valence-corrected chi connectivity index (χ3v) is 3.24. The number of nitrogens with one attached hydrogen (secondary N) is 1. The van der Waals surface area contributed by atoms with Crippen LogP contribution < -0.4 is 14.8 Å². The minimum absolute atomic E-state index is 0.0869. The van der Waals surface area contributed by atoms with Gasteiger partial charge in [0.25, 0.3) is 5.91 Å². The summed E-state index contributed by atoms with van der Waals surface area (Å²) in [6, 6.07) is 13.2. The molecule has 1 unspecified atom stereocenters. The number of rotatable bonds is 8. The zero-order chi connectivity index (χ0) is 18.9. The van der Waals surface area contributed by atoms with Gasteiger partial charge in [-0.3, -0.25) is 4.79 Å². The molecule has 0 aromatic heterocycles. The molecule has 0 aliphatic carbocycles. The van der Waals surface area contributed by atoms with E-state index < -0.39 is 12.7 Å². The van der Waals surface area contributed by atoms with Crippen LogP contribution in [0, 0.1) is 0 Å². The van der Waals surface area contributed by atoms with E-state index in [1.165, 1.54) is 31.5 Å². The molecule has 1 atom stereocenters. The molecular formula is C18H18F2N2O4. The Balaban J connectivity index is 1.93. The van der Waals surface area contributed by atoms with E-state index in [2.05, 4.69) is 15.2 Å². The fourth-order valence-electron chi connectivity index (χ4n) is 1.95. The van der Waals surface area contributed by atoms with Crippen molar-refractivity contribution in [2.24, 2.45) is 5.16 Å². The molecular weight excluding hydrogens is 346 g/mol. The van der Waals surface area contributed by atoms with Gasteiger partial charge in [0.05, 0.1) is 13.3 Å². The average Bonchev–Trinajstić information content (AvgIpc) is 2.63. The van der Waals surface area contributed by atoms with E-state index in [4.69, 9.17) is 9.57 Å². The number of benzene rings is 2. The standard InChI is InChI=1S/C18H18F2N2O4/c1-12(17(23)22-14-6-4-3-5-7-14)26-21-11-13-8-9-15(25-18(19)20)16(10-13)24-2/h3-12,18H,1-2H3,(H,22,23)/b21-11+. The van der Waals surface area contributed by atoms with Crippen LogP contribution in [0.1, 0.15) is 12.5 Å². The fraction of sp³-hybridized carbons (Fsp3) is 0.222. The summed E-state index contributed by atoms with van der Waals surface area (Å²) in [5, 5.41) is 6.43. The summed E-state index contributed by atoms with van der Waals surface area (Å²) >= 11 is 0. The molecule has 0 heterocycles. The maximum atomic E-state index is 12.3. The van der Waals surface area contributed by atoms with Crippen LogP contribution in [0.4, 0.5) is 14.5 Å². The SMILES string of the molecule is COc1cc(/C=N/OC(C)C(=O)Nc2ccccc2)ccc1OC(F)F. The molecule has 2 aromatic carbocycles. The van der Waals surface area contributed by atoms with Crippen LogP contribution in [0.3, 0.4) is 0 Å². The molecule has 6 nitrogen and oxygen atoms in total. The first-order valence-corrected chi connectivity index (χ1v) is 7.67. The molecule has 8 heteroatoms. The molecule has 0 fully saturated rings. The smallest absolute Gasteiger partial charge is 0.387 e. The summed E-state index contributed by atoms with van der Waals surface area (Å²) in [5.74, 6) is -0.313. The lowest BCUT2D eigenvalue weighted by Gasteiger charge is -2.11. The largest absolute Gasteiger partial charge is 0.493 e. The van der Waals surface area contributed by atoms with Crippen LogP contribution in [-0.2, 0) is 9.63 Å². The summed E-state index contributed by atoms with van der Waals surface area (Å²) in [7, 11) is 1.33. The van der Waals surface area contributed by atoms with Gasteiger partial charge in [0.2, 0.25) is 6.10 Å². The second-order valence-corrected chi connectivity index (χ2v) is 5.13. The van der Waals surface area contributed by atoms with Crippen molar-refractivity contribution < 1.29 is 27.9 Å². The first-order chi connectivity index (χ1) is 12.5. The predicted octanol–water partition coefficient (Wildman–Crippen LogP) is 3.67. The van der Waals surface area contributed by atoms with Gasteiger partial charge in [-0.05, 0) is 37.3 Å². The van der Waals surface area contributed by atoms with Crippen LogP contribution in [0.15, 0.2) is 53.7 Å². The van der Waals surface area contributed by atoms with E-state index in [0.29, 0.717) is 11.3 Å². The number of anilines is 1. The molecule has 138 valence electrons. The van der Waals surface area contributed by atoms with Crippen molar-refractivity contribution >= 4 is 17.8 Å². The molecule has 1 amide bonds. The van der Waals surface area contributed by atoms with Crippen LogP contribution in [0.2, 0.25) is 0 Å². The molecule has 0 spiro atoms. The number of methoxy groups -OCH3 is 1. The zero-order valence-corrected chi connectivity index (χ0v) is 14.2. The average molecular weight is 364 g/mol. The minimum atomic E-state index is -2.95. The van der Waals surface area contributed by atoms with Gasteiger partial charge in [0, 0.05) is 11.3 Å². The third kappa shape index (κ3) is 5.73. The highest BCUT2D eigenvalue weighted by Gasteiger charge is 2.14. The van der Waals surface area contributed by atoms with Gasteiger partial charge in [-0.15, -0.1) is 0 Å². The highest BCUT2D eigenvalue weighted by atomic mass is 19.3. The topological polar surface area (TPSA) is 69.2 Å².